The molecule has 0 saturated carbocycles. The molecule has 1 aromatic carbocycles. The summed E-state index contributed by atoms with van der Waals surface area (Å²) in [5, 5.41) is 10.7. The summed E-state index contributed by atoms with van der Waals surface area (Å²) in [6.45, 7) is 0. The maximum atomic E-state index is 10.8. The van der Waals surface area contributed by atoms with E-state index >= 15 is 0 Å². The highest BCUT2D eigenvalue weighted by atomic mass is 35.5. The Bertz CT molecular complexity index is 571. The first-order valence-corrected chi connectivity index (χ1v) is 3.92. The van der Waals surface area contributed by atoms with Crippen molar-refractivity contribution in [2.75, 3.05) is 0 Å². The lowest BCUT2D eigenvalue weighted by atomic mass is 10.3. The zero-order valence-corrected chi connectivity index (χ0v) is 7.37. The Morgan fingerprint density at radius 1 is 1.50 bits per heavy atom. The summed E-state index contributed by atoms with van der Waals surface area (Å²) >= 11 is 5.60. The number of hydrogen-bond donors (Lipinski definition) is 1. The molecule has 72 valence electrons. The van der Waals surface area contributed by atoms with E-state index in [0.29, 0.717) is 0 Å². The zero-order chi connectivity index (χ0) is 10.3. The molecule has 1 aromatic heterocycles. The standard InChI is InChI=1S/C7H3ClN2O4/c8-3-1-4(10(12)13)6-5(2-3)14-7(11)9-6/h1-2H,(H,9,11). The van der Waals surface area contributed by atoms with Crippen LogP contribution in [0.2, 0.25) is 5.02 Å². The van der Waals surface area contributed by atoms with Gasteiger partial charge in [0.25, 0.3) is 5.69 Å². The third-order valence-corrected chi connectivity index (χ3v) is 1.89. The van der Waals surface area contributed by atoms with Gasteiger partial charge in [-0.1, -0.05) is 11.6 Å². The quantitative estimate of drug-likeness (QED) is 0.578. The molecule has 0 spiro atoms. The number of oxazole rings is 1. The van der Waals surface area contributed by atoms with Gasteiger partial charge in [-0.2, -0.15) is 0 Å². The lowest BCUT2D eigenvalue weighted by Gasteiger charge is -1.92. The number of aromatic amines is 1. The first-order chi connectivity index (χ1) is 6.58. The van der Waals surface area contributed by atoms with Crippen LogP contribution in [0.25, 0.3) is 11.1 Å². The van der Waals surface area contributed by atoms with Crippen LogP contribution in [0.5, 0.6) is 0 Å². The van der Waals surface area contributed by atoms with Gasteiger partial charge in [-0.05, 0) is 0 Å². The second-order valence-corrected chi connectivity index (χ2v) is 3.01. The number of H-pyrrole nitrogens is 1. The average molecular weight is 215 g/mol. The lowest BCUT2D eigenvalue weighted by molar-refractivity contribution is -0.383. The molecule has 0 unspecified atom stereocenters. The SMILES string of the molecule is O=c1[nH]c2c([N+](=O)[O-])cc(Cl)cc2o1. The number of nitrogens with zero attached hydrogens (tertiary/aromatic N) is 1. The molecule has 0 atom stereocenters. The highest BCUT2D eigenvalue weighted by molar-refractivity contribution is 6.31. The molecule has 0 amide bonds. The molecule has 1 N–H and O–H groups in total. The van der Waals surface area contributed by atoms with Gasteiger partial charge in [0.1, 0.15) is 0 Å². The summed E-state index contributed by atoms with van der Waals surface area (Å²) in [6.07, 6.45) is 0. The van der Waals surface area contributed by atoms with Gasteiger partial charge >= 0.3 is 5.76 Å². The van der Waals surface area contributed by atoms with Gasteiger partial charge in [-0.25, -0.2) is 4.79 Å². The van der Waals surface area contributed by atoms with E-state index in [1.54, 1.807) is 0 Å². The molecular weight excluding hydrogens is 212 g/mol. The van der Waals surface area contributed by atoms with Gasteiger partial charge in [-0.3, -0.25) is 15.1 Å². The normalized spacial score (nSPS) is 10.6. The fourth-order valence-corrected chi connectivity index (χ4v) is 1.35. The van der Waals surface area contributed by atoms with Gasteiger partial charge in [0, 0.05) is 12.1 Å². The van der Waals surface area contributed by atoms with E-state index < -0.39 is 10.7 Å². The smallest absolute Gasteiger partial charge is 0.408 e. The summed E-state index contributed by atoms with van der Waals surface area (Å²) in [6, 6.07) is 2.48. The summed E-state index contributed by atoms with van der Waals surface area (Å²) < 4.78 is 4.64. The molecule has 14 heavy (non-hydrogen) atoms. The number of halogens is 1. The first kappa shape index (κ1) is 8.76. The van der Waals surface area contributed by atoms with Gasteiger partial charge in [-0.15, -0.1) is 0 Å². The number of rotatable bonds is 1. The Balaban J connectivity index is 2.92. The van der Waals surface area contributed by atoms with Crippen molar-refractivity contribution in [3.05, 3.63) is 37.8 Å². The van der Waals surface area contributed by atoms with E-state index in [1.807, 2.05) is 0 Å². The van der Waals surface area contributed by atoms with Crippen molar-refractivity contribution in [2.45, 2.75) is 0 Å². The molecule has 0 aliphatic rings. The molecular formula is C7H3ClN2O4. The number of benzene rings is 1. The Kier molecular flexibility index (Phi) is 1.78. The van der Waals surface area contributed by atoms with Crippen LogP contribution in [0.3, 0.4) is 0 Å². The number of nitrogens with one attached hydrogen (secondary N) is 1. The molecule has 0 saturated heterocycles. The Morgan fingerprint density at radius 2 is 2.21 bits per heavy atom. The monoisotopic (exact) mass is 214 g/mol. The third kappa shape index (κ3) is 1.25. The first-order valence-electron chi connectivity index (χ1n) is 3.54. The van der Waals surface area contributed by atoms with Crippen molar-refractivity contribution < 1.29 is 9.34 Å². The minimum absolute atomic E-state index is 0.0457. The van der Waals surface area contributed by atoms with Crippen LogP contribution in [-0.4, -0.2) is 9.91 Å². The molecule has 1 heterocycles. The largest absolute Gasteiger partial charge is 0.417 e. The molecule has 2 aromatic rings. The van der Waals surface area contributed by atoms with E-state index in [0.717, 1.165) is 6.07 Å². The average Bonchev–Trinajstić information content (AvgIpc) is 2.42. The second-order valence-electron chi connectivity index (χ2n) is 2.57. The molecule has 0 bridgehead atoms. The highest BCUT2D eigenvalue weighted by Crippen LogP contribution is 2.27. The topological polar surface area (TPSA) is 89.1 Å². The van der Waals surface area contributed by atoms with E-state index in [2.05, 4.69) is 9.40 Å². The summed E-state index contributed by atoms with van der Waals surface area (Å²) in [5.74, 6) is -0.745. The molecule has 0 radical (unpaired) electrons. The van der Waals surface area contributed by atoms with Crippen LogP contribution in [-0.2, 0) is 0 Å². The predicted octanol–water partition coefficient (Wildman–Crippen LogP) is 1.68. The number of non-ortho nitro benzene ring substituents is 1. The van der Waals surface area contributed by atoms with Crippen molar-refractivity contribution in [3.8, 4) is 0 Å². The van der Waals surface area contributed by atoms with E-state index in [9.17, 15) is 14.9 Å². The Labute approximate surface area is 81.2 Å². The number of hydrogen-bond acceptors (Lipinski definition) is 4. The number of nitro benzene ring substituents is 1. The van der Waals surface area contributed by atoms with Crippen LogP contribution >= 0.6 is 11.6 Å². The second kappa shape index (κ2) is 2.85. The van der Waals surface area contributed by atoms with Crippen molar-refractivity contribution in [3.63, 3.8) is 0 Å². The van der Waals surface area contributed by atoms with Crippen molar-refractivity contribution >= 4 is 28.4 Å². The number of fused-ring (bicyclic) bond motifs is 1. The lowest BCUT2D eigenvalue weighted by Crippen LogP contribution is -1.95. The molecule has 0 aliphatic carbocycles. The predicted molar refractivity (Wildman–Crippen MR) is 48.5 cm³/mol. The third-order valence-electron chi connectivity index (χ3n) is 1.67. The summed E-state index contributed by atoms with van der Waals surface area (Å²) in [7, 11) is 0. The highest BCUT2D eigenvalue weighted by Gasteiger charge is 2.17. The van der Waals surface area contributed by atoms with Crippen molar-refractivity contribution in [1.29, 1.82) is 0 Å². The van der Waals surface area contributed by atoms with Gasteiger partial charge in [0.15, 0.2) is 11.1 Å². The Hall–Kier alpha value is -1.82. The fraction of sp³-hybridized carbons (Fsp3) is 0. The summed E-state index contributed by atoms with van der Waals surface area (Å²) in [4.78, 5) is 22.9. The maximum absolute atomic E-state index is 10.8. The Morgan fingerprint density at radius 3 is 2.86 bits per heavy atom. The van der Waals surface area contributed by atoms with Crippen molar-refractivity contribution in [2.24, 2.45) is 0 Å². The van der Waals surface area contributed by atoms with Gasteiger partial charge in [0.05, 0.1) is 9.95 Å². The van der Waals surface area contributed by atoms with Gasteiger partial charge in [0.2, 0.25) is 0 Å². The van der Waals surface area contributed by atoms with Gasteiger partial charge < -0.3 is 4.42 Å². The van der Waals surface area contributed by atoms with E-state index in [-0.39, 0.29) is 21.8 Å². The maximum Gasteiger partial charge on any atom is 0.417 e. The van der Waals surface area contributed by atoms with Crippen LogP contribution < -0.4 is 5.76 Å². The molecule has 7 heteroatoms. The van der Waals surface area contributed by atoms with Crippen LogP contribution in [0.4, 0.5) is 5.69 Å². The zero-order valence-electron chi connectivity index (χ0n) is 6.61. The van der Waals surface area contributed by atoms with Crippen LogP contribution in [0.1, 0.15) is 0 Å². The molecule has 6 nitrogen and oxygen atoms in total. The molecule has 2 rings (SSSR count). The number of aromatic nitrogens is 1. The van der Waals surface area contributed by atoms with Crippen LogP contribution in [0, 0.1) is 10.1 Å². The minimum atomic E-state index is -0.745. The van der Waals surface area contributed by atoms with Crippen molar-refractivity contribution in [1.82, 2.24) is 4.98 Å². The molecule has 0 aliphatic heterocycles. The summed E-state index contributed by atoms with van der Waals surface area (Å²) in [5.41, 5.74) is -0.156. The van der Waals surface area contributed by atoms with E-state index in [4.69, 9.17) is 11.6 Å². The van der Waals surface area contributed by atoms with Crippen LogP contribution in [0.15, 0.2) is 21.3 Å². The van der Waals surface area contributed by atoms with E-state index in [1.165, 1.54) is 6.07 Å². The fourth-order valence-electron chi connectivity index (χ4n) is 1.15. The molecule has 0 fully saturated rings. The minimum Gasteiger partial charge on any atom is -0.408 e. The number of nitro groups is 1.